The zero-order chi connectivity index (χ0) is 16.2. The molecule has 120 valence electrons. The highest BCUT2D eigenvalue weighted by molar-refractivity contribution is 6.16. The zero-order valence-electron chi connectivity index (χ0n) is 13.4. The molecule has 0 saturated heterocycles. The number of hydrogen-bond donors (Lipinski definition) is 1. The molecule has 0 unspecified atom stereocenters. The van der Waals surface area contributed by atoms with Crippen LogP contribution in [-0.2, 0) is 9.59 Å². The molecule has 0 aromatic carbocycles. The summed E-state index contributed by atoms with van der Waals surface area (Å²) in [6, 6.07) is 3.47. The van der Waals surface area contributed by atoms with Crippen LogP contribution in [0.2, 0.25) is 0 Å². The van der Waals surface area contributed by atoms with E-state index in [0.29, 0.717) is 24.7 Å². The number of pyridine rings is 1. The van der Waals surface area contributed by atoms with E-state index in [2.05, 4.69) is 17.2 Å². The van der Waals surface area contributed by atoms with Gasteiger partial charge in [0.15, 0.2) is 11.6 Å². The Balaban J connectivity index is 2.35. The number of ether oxygens (including phenoxy) is 1. The first-order valence-corrected chi connectivity index (χ1v) is 7.78. The first kappa shape index (κ1) is 16.3. The van der Waals surface area contributed by atoms with Crippen LogP contribution in [0.4, 0.5) is 5.82 Å². The summed E-state index contributed by atoms with van der Waals surface area (Å²) in [6.07, 6.45) is 4.21. The number of hydrogen-bond acceptors (Lipinski definition) is 4. The van der Waals surface area contributed by atoms with Gasteiger partial charge >= 0.3 is 0 Å². The predicted octanol–water partition coefficient (Wildman–Crippen LogP) is 1.89. The van der Waals surface area contributed by atoms with E-state index in [9.17, 15) is 9.59 Å². The number of nitrogens with one attached hydrogen (secondary N) is 1. The number of carbonyl (C=O) groups is 2. The Kier molecular flexibility index (Phi) is 5.00. The lowest BCUT2D eigenvalue weighted by Crippen LogP contribution is -2.62. The molecule has 2 amide bonds. The molecule has 2 heterocycles. The van der Waals surface area contributed by atoms with Crippen molar-refractivity contribution in [1.29, 1.82) is 0 Å². The summed E-state index contributed by atoms with van der Waals surface area (Å²) >= 11 is 0. The van der Waals surface area contributed by atoms with Crippen molar-refractivity contribution in [1.82, 2.24) is 10.3 Å². The molecule has 6 nitrogen and oxygen atoms in total. The molecule has 1 aliphatic heterocycles. The van der Waals surface area contributed by atoms with Gasteiger partial charge in [-0.3, -0.25) is 14.5 Å². The summed E-state index contributed by atoms with van der Waals surface area (Å²) in [7, 11) is 0. The van der Waals surface area contributed by atoms with E-state index in [1.165, 1.54) is 6.92 Å². The first-order chi connectivity index (χ1) is 10.5. The van der Waals surface area contributed by atoms with Crippen LogP contribution in [-0.4, -0.2) is 35.5 Å². The SMILES string of the molecule is CCCCN1C(=O)[C@@](C)(C(=O)NCCC)Oc2cccnc21. The molecule has 2 rings (SSSR count). The van der Waals surface area contributed by atoms with Crippen LogP contribution in [0.1, 0.15) is 40.0 Å². The summed E-state index contributed by atoms with van der Waals surface area (Å²) in [6.45, 7) is 6.57. The Morgan fingerprint density at radius 1 is 1.41 bits per heavy atom. The number of aromatic nitrogens is 1. The maximum atomic E-state index is 12.8. The molecule has 0 radical (unpaired) electrons. The van der Waals surface area contributed by atoms with Gasteiger partial charge in [0.1, 0.15) is 0 Å². The van der Waals surface area contributed by atoms with E-state index >= 15 is 0 Å². The molecule has 1 aliphatic rings. The van der Waals surface area contributed by atoms with Gasteiger partial charge in [0.05, 0.1) is 0 Å². The van der Waals surface area contributed by atoms with Crippen molar-refractivity contribution in [2.45, 2.75) is 45.6 Å². The van der Waals surface area contributed by atoms with Crippen LogP contribution >= 0.6 is 0 Å². The number of nitrogens with zero attached hydrogens (tertiary/aromatic N) is 2. The smallest absolute Gasteiger partial charge is 0.282 e. The average Bonchev–Trinajstić information content (AvgIpc) is 2.53. The quantitative estimate of drug-likeness (QED) is 0.815. The van der Waals surface area contributed by atoms with Crippen molar-refractivity contribution in [2.75, 3.05) is 18.0 Å². The lowest BCUT2D eigenvalue weighted by atomic mass is 10.0. The normalized spacial score (nSPS) is 20.3. The summed E-state index contributed by atoms with van der Waals surface area (Å²) in [5, 5.41) is 2.75. The molecule has 1 aromatic heterocycles. The number of unbranched alkanes of at least 4 members (excludes halogenated alkanes) is 1. The third kappa shape index (κ3) is 2.91. The summed E-state index contributed by atoms with van der Waals surface area (Å²) in [4.78, 5) is 31.0. The fourth-order valence-corrected chi connectivity index (χ4v) is 2.36. The third-order valence-corrected chi connectivity index (χ3v) is 3.68. The molecule has 1 aromatic rings. The Morgan fingerprint density at radius 2 is 2.18 bits per heavy atom. The highest BCUT2D eigenvalue weighted by atomic mass is 16.5. The molecule has 0 fully saturated rings. The molecule has 1 atom stereocenters. The molecule has 6 heteroatoms. The van der Waals surface area contributed by atoms with Crippen molar-refractivity contribution < 1.29 is 14.3 Å². The second-order valence-corrected chi connectivity index (χ2v) is 5.53. The molecule has 0 saturated carbocycles. The van der Waals surface area contributed by atoms with Crippen LogP contribution < -0.4 is 15.0 Å². The number of rotatable bonds is 6. The van der Waals surface area contributed by atoms with E-state index in [4.69, 9.17) is 4.74 Å². The minimum Gasteiger partial charge on any atom is -0.464 e. The number of anilines is 1. The van der Waals surface area contributed by atoms with Crippen molar-refractivity contribution in [3.8, 4) is 5.75 Å². The van der Waals surface area contributed by atoms with Crippen molar-refractivity contribution in [2.24, 2.45) is 0 Å². The topological polar surface area (TPSA) is 71.5 Å². The van der Waals surface area contributed by atoms with Gasteiger partial charge in [-0.1, -0.05) is 20.3 Å². The first-order valence-electron chi connectivity index (χ1n) is 7.78. The molecular formula is C16H23N3O3. The van der Waals surface area contributed by atoms with Crippen LogP contribution in [0, 0.1) is 0 Å². The minimum absolute atomic E-state index is 0.360. The van der Waals surface area contributed by atoms with E-state index in [1.54, 1.807) is 23.2 Å². The zero-order valence-corrected chi connectivity index (χ0v) is 13.4. The highest BCUT2D eigenvalue weighted by Gasteiger charge is 2.50. The van der Waals surface area contributed by atoms with Gasteiger partial charge in [-0.15, -0.1) is 0 Å². The van der Waals surface area contributed by atoms with Crippen molar-refractivity contribution in [3.63, 3.8) is 0 Å². The standard InChI is InChI=1S/C16H23N3O3/c1-4-6-11-19-13-12(8-7-10-17-13)22-16(3,15(19)21)14(20)18-9-5-2/h7-8,10H,4-6,9,11H2,1-3H3,(H,18,20)/t16-/m1/s1. The second kappa shape index (κ2) is 6.77. The fourth-order valence-electron chi connectivity index (χ4n) is 2.36. The Morgan fingerprint density at radius 3 is 2.86 bits per heavy atom. The average molecular weight is 305 g/mol. The lowest BCUT2D eigenvalue weighted by molar-refractivity contribution is -0.148. The lowest BCUT2D eigenvalue weighted by Gasteiger charge is -2.38. The maximum absolute atomic E-state index is 12.8. The Bertz CT molecular complexity index is 561. The van der Waals surface area contributed by atoms with Gasteiger partial charge in [0, 0.05) is 19.3 Å². The summed E-state index contributed by atoms with van der Waals surface area (Å²) in [5.74, 6) is 0.185. The van der Waals surface area contributed by atoms with E-state index < -0.39 is 11.5 Å². The van der Waals surface area contributed by atoms with Crippen molar-refractivity contribution in [3.05, 3.63) is 18.3 Å². The highest BCUT2D eigenvalue weighted by Crippen LogP contribution is 2.36. The minimum atomic E-state index is -1.54. The fraction of sp³-hybridized carbons (Fsp3) is 0.562. The van der Waals surface area contributed by atoms with Crippen molar-refractivity contribution >= 4 is 17.6 Å². The predicted molar refractivity (Wildman–Crippen MR) is 83.8 cm³/mol. The Labute approximate surface area is 130 Å². The molecule has 0 aliphatic carbocycles. The monoisotopic (exact) mass is 305 g/mol. The van der Waals surface area contributed by atoms with E-state index in [-0.39, 0.29) is 5.91 Å². The van der Waals surface area contributed by atoms with Gasteiger partial charge in [-0.05, 0) is 31.9 Å². The molecule has 0 bridgehead atoms. The van der Waals surface area contributed by atoms with Gasteiger partial charge in [0.2, 0.25) is 0 Å². The van der Waals surface area contributed by atoms with Gasteiger partial charge in [0.25, 0.3) is 17.4 Å². The van der Waals surface area contributed by atoms with E-state index in [1.807, 2.05) is 6.92 Å². The molecule has 1 N–H and O–H groups in total. The molecule has 22 heavy (non-hydrogen) atoms. The second-order valence-electron chi connectivity index (χ2n) is 5.53. The molecular weight excluding hydrogens is 282 g/mol. The third-order valence-electron chi connectivity index (χ3n) is 3.68. The van der Waals surface area contributed by atoms with Gasteiger partial charge in [-0.25, -0.2) is 4.98 Å². The van der Waals surface area contributed by atoms with Crippen LogP contribution in [0.25, 0.3) is 0 Å². The largest absolute Gasteiger partial charge is 0.464 e. The van der Waals surface area contributed by atoms with E-state index in [0.717, 1.165) is 19.3 Å². The number of carbonyl (C=O) groups excluding carboxylic acids is 2. The molecule has 0 spiro atoms. The van der Waals surface area contributed by atoms with Crippen LogP contribution in [0.15, 0.2) is 18.3 Å². The maximum Gasteiger partial charge on any atom is 0.282 e. The Hall–Kier alpha value is -2.11. The summed E-state index contributed by atoms with van der Waals surface area (Å²) < 4.78 is 5.74. The summed E-state index contributed by atoms with van der Waals surface area (Å²) in [5.41, 5.74) is -1.54. The number of amides is 2. The van der Waals surface area contributed by atoms with Crippen LogP contribution in [0.5, 0.6) is 5.75 Å². The van der Waals surface area contributed by atoms with Crippen LogP contribution in [0.3, 0.4) is 0 Å². The number of fused-ring (bicyclic) bond motifs is 1. The van der Waals surface area contributed by atoms with Gasteiger partial charge < -0.3 is 10.1 Å². The van der Waals surface area contributed by atoms with Gasteiger partial charge in [-0.2, -0.15) is 0 Å².